The summed E-state index contributed by atoms with van der Waals surface area (Å²) >= 11 is 0. The molecule has 3 heterocycles. The van der Waals surface area contributed by atoms with Crippen molar-refractivity contribution in [3.8, 4) is 0 Å². The van der Waals surface area contributed by atoms with Crippen LogP contribution in [0.15, 0.2) is 29.5 Å². The summed E-state index contributed by atoms with van der Waals surface area (Å²) in [5.74, 6) is 1.49. The molecule has 1 N–H and O–H groups in total. The number of aryl methyl sites for hydroxylation is 1. The summed E-state index contributed by atoms with van der Waals surface area (Å²) < 4.78 is 7.49. The highest BCUT2D eigenvalue weighted by Crippen LogP contribution is 2.13. The predicted molar refractivity (Wildman–Crippen MR) is 91.7 cm³/mol. The van der Waals surface area contributed by atoms with Gasteiger partial charge in [-0.3, -0.25) is 4.99 Å². The topological polar surface area (TPSA) is 54.2 Å². The number of aromatic nitrogens is 2. The Morgan fingerprint density at radius 3 is 3.17 bits per heavy atom. The molecule has 23 heavy (non-hydrogen) atoms. The Kier molecular flexibility index (Phi) is 4.81. The van der Waals surface area contributed by atoms with Gasteiger partial charge in [0.15, 0.2) is 5.96 Å². The molecule has 1 aliphatic rings. The van der Waals surface area contributed by atoms with Gasteiger partial charge in [0.1, 0.15) is 5.65 Å². The SMILES string of the molecule is CN=C(NCc1cn2ccc(C)cc2n1)N(C)CC1CCOC1. The highest BCUT2D eigenvalue weighted by molar-refractivity contribution is 5.79. The van der Waals surface area contributed by atoms with E-state index < -0.39 is 0 Å². The minimum atomic E-state index is 0.594. The Balaban J connectivity index is 1.60. The van der Waals surface area contributed by atoms with Crippen molar-refractivity contribution in [1.29, 1.82) is 0 Å². The molecule has 1 atom stereocenters. The van der Waals surface area contributed by atoms with Crippen molar-refractivity contribution < 1.29 is 4.74 Å². The number of rotatable bonds is 4. The normalized spacial score (nSPS) is 18.6. The zero-order valence-corrected chi connectivity index (χ0v) is 14.1. The molecule has 0 amide bonds. The summed E-state index contributed by atoms with van der Waals surface area (Å²) in [5, 5.41) is 3.39. The van der Waals surface area contributed by atoms with Crippen molar-refractivity contribution >= 4 is 11.6 Å². The van der Waals surface area contributed by atoms with Gasteiger partial charge in [-0.05, 0) is 31.0 Å². The number of nitrogens with one attached hydrogen (secondary N) is 1. The van der Waals surface area contributed by atoms with E-state index in [4.69, 9.17) is 4.74 Å². The van der Waals surface area contributed by atoms with Crippen LogP contribution in [-0.2, 0) is 11.3 Å². The summed E-state index contributed by atoms with van der Waals surface area (Å²) in [4.78, 5) is 11.2. The summed E-state index contributed by atoms with van der Waals surface area (Å²) in [6.07, 6.45) is 5.23. The molecule has 1 fully saturated rings. The highest BCUT2D eigenvalue weighted by Gasteiger charge is 2.19. The molecule has 0 aromatic carbocycles. The van der Waals surface area contributed by atoms with Gasteiger partial charge in [0.05, 0.1) is 18.8 Å². The lowest BCUT2D eigenvalue weighted by molar-refractivity contribution is 0.181. The third-order valence-electron chi connectivity index (χ3n) is 4.22. The maximum absolute atomic E-state index is 5.44. The molecular formula is C17H25N5O. The number of nitrogens with zero attached hydrogens (tertiary/aromatic N) is 4. The van der Waals surface area contributed by atoms with Gasteiger partial charge in [-0.2, -0.15) is 0 Å². The van der Waals surface area contributed by atoms with E-state index in [0.717, 1.165) is 43.5 Å². The van der Waals surface area contributed by atoms with Crippen LogP contribution in [0.25, 0.3) is 5.65 Å². The Hall–Kier alpha value is -2.08. The second kappa shape index (κ2) is 7.00. The second-order valence-electron chi connectivity index (χ2n) is 6.21. The Bertz CT molecular complexity index is 687. The smallest absolute Gasteiger partial charge is 0.193 e. The molecule has 1 aliphatic heterocycles. The maximum Gasteiger partial charge on any atom is 0.193 e. The largest absolute Gasteiger partial charge is 0.381 e. The zero-order chi connectivity index (χ0) is 16.2. The average Bonchev–Trinajstić information content (AvgIpc) is 3.16. The standard InChI is InChI=1S/C17H25N5O/c1-13-4-6-22-11-15(20-16(22)8-13)9-19-17(18-2)21(3)10-14-5-7-23-12-14/h4,6,8,11,14H,5,7,9-10,12H2,1-3H3,(H,18,19). The van der Waals surface area contributed by atoms with E-state index in [0.29, 0.717) is 12.5 Å². The van der Waals surface area contributed by atoms with Crippen LogP contribution in [0.2, 0.25) is 0 Å². The van der Waals surface area contributed by atoms with Crippen LogP contribution in [0.4, 0.5) is 0 Å². The Morgan fingerprint density at radius 2 is 2.43 bits per heavy atom. The average molecular weight is 315 g/mol. The lowest BCUT2D eigenvalue weighted by Crippen LogP contribution is -2.41. The van der Waals surface area contributed by atoms with Crippen molar-refractivity contribution in [3.05, 3.63) is 35.8 Å². The molecule has 0 bridgehead atoms. The summed E-state index contributed by atoms with van der Waals surface area (Å²) in [6.45, 7) is 5.44. The van der Waals surface area contributed by atoms with Crippen LogP contribution in [0.3, 0.4) is 0 Å². The number of hydrogen-bond donors (Lipinski definition) is 1. The first-order valence-corrected chi connectivity index (χ1v) is 8.09. The van der Waals surface area contributed by atoms with Crippen LogP contribution in [0.1, 0.15) is 17.7 Å². The molecule has 6 nitrogen and oxygen atoms in total. The fourth-order valence-electron chi connectivity index (χ4n) is 2.98. The van der Waals surface area contributed by atoms with Crippen LogP contribution in [0.5, 0.6) is 0 Å². The molecule has 0 saturated carbocycles. The van der Waals surface area contributed by atoms with E-state index in [2.05, 4.69) is 52.5 Å². The molecule has 0 radical (unpaired) electrons. The van der Waals surface area contributed by atoms with Gasteiger partial charge in [-0.15, -0.1) is 0 Å². The Labute approximate surface area is 137 Å². The van der Waals surface area contributed by atoms with Gasteiger partial charge in [0, 0.05) is 45.6 Å². The Morgan fingerprint density at radius 1 is 1.57 bits per heavy atom. The third-order valence-corrected chi connectivity index (χ3v) is 4.22. The summed E-state index contributed by atoms with van der Waals surface area (Å²) in [5.41, 5.74) is 3.21. The first-order valence-electron chi connectivity index (χ1n) is 8.09. The van der Waals surface area contributed by atoms with Gasteiger partial charge in [-0.1, -0.05) is 0 Å². The second-order valence-corrected chi connectivity index (χ2v) is 6.21. The third kappa shape index (κ3) is 3.82. The van der Waals surface area contributed by atoms with Crippen molar-refractivity contribution in [1.82, 2.24) is 19.6 Å². The molecular weight excluding hydrogens is 290 g/mol. The minimum Gasteiger partial charge on any atom is -0.381 e. The van der Waals surface area contributed by atoms with Crippen molar-refractivity contribution in [2.24, 2.45) is 10.9 Å². The van der Waals surface area contributed by atoms with Crippen molar-refractivity contribution in [2.45, 2.75) is 19.9 Å². The van der Waals surface area contributed by atoms with Crippen LogP contribution < -0.4 is 5.32 Å². The molecule has 3 rings (SSSR count). The number of hydrogen-bond acceptors (Lipinski definition) is 3. The number of guanidine groups is 1. The van der Waals surface area contributed by atoms with E-state index in [9.17, 15) is 0 Å². The number of aliphatic imine (C=N–C) groups is 1. The lowest BCUT2D eigenvalue weighted by Gasteiger charge is -2.24. The van der Waals surface area contributed by atoms with Gasteiger partial charge in [0.25, 0.3) is 0 Å². The fourth-order valence-corrected chi connectivity index (χ4v) is 2.98. The minimum absolute atomic E-state index is 0.594. The molecule has 1 saturated heterocycles. The molecule has 2 aromatic rings. The summed E-state index contributed by atoms with van der Waals surface area (Å²) in [7, 11) is 3.89. The van der Waals surface area contributed by atoms with E-state index in [1.165, 1.54) is 5.56 Å². The molecule has 6 heteroatoms. The molecule has 0 aliphatic carbocycles. The van der Waals surface area contributed by atoms with Gasteiger partial charge >= 0.3 is 0 Å². The molecule has 124 valence electrons. The number of pyridine rings is 1. The van der Waals surface area contributed by atoms with Crippen LogP contribution in [0, 0.1) is 12.8 Å². The molecule has 1 unspecified atom stereocenters. The summed E-state index contributed by atoms with van der Waals surface area (Å²) in [6, 6.07) is 4.17. The van der Waals surface area contributed by atoms with Gasteiger partial charge < -0.3 is 19.4 Å². The quantitative estimate of drug-likeness (QED) is 0.689. The van der Waals surface area contributed by atoms with Crippen molar-refractivity contribution in [2.75, 3.05) is 33.9 Å². The van der Waals surface area contributed by atoms with Crippen LogP contribution >= 0.6 is 0 Å². The van der Waals surface area contributed by atoms with Gasteiger partial charge in [-0.25, -0.2) is 4.98 Å². The fraction of sp³-hybridized carbons (Fsp3) is 0.529. The first kappa shape index (κ1) is 15.8. The van der Waals surface area contributed by atoms with Crippen molar-refractivity contribution in [3.63, 3.8) is 0 Å². The van der Waals surface area contributed by atoms with E-state index in [-0.39, 0.29) is 0 Å². The molecule has 2 aromatic heterocycles. The maximum atomic E-state index is 5.44. The molecule has 0 spiro atoms. The van der Waals surface area contributed by atoms with E-state index in [1.807, 2.05) is 17.6 Å². The van der Waals surface area contributed by atoms with Gasteiger partial charge in [0.2, 0.25) is 0 Å². The first-order chi connectivity index (χ1) is 11.2. The number of imidazole rings is 1. The highest BCUT2D eigenvalue weighted by atomic mass is 16.5. The number of ether oxygens (including phenoxy) is 1. The van der Waals surface area contributed by atoms with Crippen LogP contribution in [-0.4, -0.2) is 54.1 Å². The monoisotopic (exact) mass is 315 g/mol. The predicted octanol–water partition coefficient (Wildman–Crippen LogP) is 1.69. The zero-order valence-electron chi connectivity index (χ0n) is 14.1. The van der Waals surface area contributed by atoms with E-state index >= 15 is 0 Å². The number of fused-ring (bicyclic) bond motifs is 1. The lowest BCUT2D eigenvalue weighted by atomic mass is 10.1. The van der Waals surface area contributed by atoms with E-state index in [1.54, 1.807) is 0 Å².